The van der Waals surface area contributed by atoms with E-state index in [2.05, 4.69) is 4.72 Å². The summed E-state index contributed by atoms with van der Waals surface area (Å²) in [6.45, 7) is 3.81. The zero-order chi connectivity index (χ0) is 12.9. The lowest BCUT2D eigenvalue weighted by Crippen LogP contribution is -2.32. The Morgan fingerprint density at radius 1 is 1.41 bits per heavy atom. The third kappa shape index (κ3) is 3.55. The lowest BCUT2D eigenvalue weighted by molar-refractivity contribution is 0.543. The molecule has 1 atom stereocenters. The Morgan fingerprint density at radius 3 is 2.65 bits per heavy atom. The average Bonchev–Trinajstić information content (AvgIpc) is 2.28. The quantitative estimate of drug-likeness (QED) is 0.871. The molecule has 1 N–H and O–H groups in total. The van der Waals surface area contributed by atoms with Crippen molar-refractivity contribution in [3.8, 4) is 6.07 Å². The summed E-state index contributed by atoms with van der Waals surface area (Å²) in [5.41, 5.74) is 0.170. The molecule has 17 heavy (non-hydrogen) atoms. The normalized spacial score (nSPS) is 13.0. The van der Waals surface area contributed by atoms with E-state index in [1.807, 2.05) is 19.9 Å². The first-order chi connectivity index (χ1) is 8.01. The highest BCUT2D eigenvalue weighted by Gasteiger charge is 2.19. The Balaban J connectivity index is 3.02. The molecule has 0 amide bonds. The molecule has 92 valence electrons. The van der Waals surface area contributed by atoms with Crippen molar-refractivity contribution in [2.45, 2.75) is 37.6 Å². The van der Waals surface area contributed by atoms with Gasteiger partial charge in [-0.25, -0.2) is 13.1 Å². The average molecular weight is 252 g/mol. The van der Waals surface area contributed by atoms with E-state index in [1.54, 1.807) is 12.1 Å². The van der Waals surface area contributed by atoms with Gasteiger partial charge in [0.1, 0.15) is 6.07 Å². The first-order valence-electron chi connectivity index (χ1n) is 5.52. The largest absolute Gasteiger partial charge is 0.242 e. The van der Waals surface area contributed by atoms with Crippen molar-refractivity contribution in [3.63, 3.8) is 0 Å². The molecule has 0 aliphatic heterocycles. The van der Waals surface area contributed by atoms with Crippen molar-refractivity contribution in [2.75, 3.05) is 0 Å². The molecular weight excluding hydrogens is 236 g/mol. The van der Waals surface area contributed by atoms with Gasteiger partial charge in [0.2, 0.25) is 10.0 Å². The van der Waals surface area contributed by atoms with Crippen molar-refractivity contribution in [3.05, 3.63) is 29.8 Å². The summed E-state index contributed by atoms with van der Waals surface area (Å²) in [5.74, 6) is 0. The smallest absolute Gasteiger partial charge is 0.208 e. The van der Waals surface area contributed by atoms with Crippen LogP contribution in [0.1, 0.15) is 32.3 Å². The van der Waals surface area contributed by atoms with Gasteiger partial charge in [-0.1, -0.05) is 25.5 Å². The highest BCUT2D eigenvalue weighted by Crippen LogP contribution is 2.15. The molecule has 1 rings (SSSR count). The molecule has 0 aromatic heterocycles. The maximum atomic E-state index is 12.0. The lowest BCUT2D eigenvalue weighted by atomic mass is 10.2. The number of hydrogen-bond donors (Lipinski definition) is 1. The SMILES string of the molecule is CCCC(C)NS(=O)(=O)c1ccccc1C#N. The molecule has 0 fully saturated rings. The van der Waals surface area contributed by atoms with Crippen LogP contribution in [0.25, 0.3) is 0 Å². The van der Waals surface area contributed by atoms with Crippen LogP contribution >= 0.6 is 0 Å². The zero-order valence-corrected chi connectivity index (χ0v) is 10.8. The monoisotopic (exact) mass is 252 g/mol. The molecule has 0 aliphatic rings. The zero-order valence-electron chi connectivity index (χ0n) is 9.97. The third-order valence-electron chi connectivity index (χ3n) is 2.38. The van der Waals surface area contributed by atoms with Crippen LogP contribution in [0.5, 0.6) is 0 Å². The van der Waals surface area contributed by atoms with Crippen molar-refractivity contribution < 1.29 is 8.42 Å². The maximum Gasteiger partial charge on any atom is 0.242 e. The molecule has 0 saturated heterocycles. The Kier molecular flexibility index (Phi) is 4.67. The molecule has 1 unspecified atom stereocenters. The van der Waals surface area contributed by atoms with E-state index >= 15 is 0 Å². The Morgan fingerprint density at radius 2 is 2.06 bits per heavy atom. The van der Waals surface area contributed by atoms with Crippen LogP contribution in [0, 0.1) is 11.3 Å². The maximum absolute atomic E-state index is 12.0. The molecule has 1 aromatic rings. The minimum absolute atomic E-state index is 0.0467. The van der Waals surface area contributed by atoms with E-state index in [-0.39, 0.29) is 16.5 Å². The van der Waals surface area contributed by atoms with Gasteiger partial charge >= 0.3 is 0 Å². The van der Waals surface area contributed by atoms with E-state index in [4.69, 9.17) is 5.26 Å². The second kappa shape index (κ2) is 5.80. The molecule has 0 heterocycles. The summed E-state index contributed by atoms with van der Waals surface area (Å²) in [6.07, 6.45) is 1.68. The van der Waals surface area contributed by atoms with Crippen molar-refractivity contribution in [2.24, 2.45) is 0 Å². The van der Waals surface area contributed by atoms with E-state index in [1.165, 1.54) is 12.1 Å². The van der Waals surface area contributed by atoms with Gasteiger partial charge in [-0.2, -0.15) is 5.26 Å². The van der Waals surface area contributed by atoms with Crippen LogP contribution in [0.3, 0.4) is 0 Å². The van der Waals surface area contributed by atoms with E-state index in [0.717, 1.165) is 12.8 Å². The van der Waals surface area contributed by atoms with Crippen LogP contribution in [0.2, 0.25) is 0 Å². The van der Waals surface area contributed by atoms with Crippen molar-refractivity contribution >= 4 is 10.0 Å². The number of sulfonamides is 1. The molecular formula is C12H16N2O2S. The number of benzene rings is 1. The Hall–Kier alpha value is -1.38. The summed E-state index contributed by atoms with van der Waals surface area (Å²) >= 11 is 0. The first-order valence-corrected chi connectivity index (χ1v) is 7.01. The topological polar surface area (TPSA) is 70.0 Å². The first kappa shape index (κ1) is 13.7. The van der Waals surface area contributed by atoms with Gasteiger partial charge in [-0.15, -0.1) is 0 Å². The predicted molar refractivity (Wildman–Crippen MR) is 65.8 cm³/mol. The van der Waals surface area contributed by atoms with Gasteiger partial charge in [0, 0.05) is 6.04 Å². The Labute approximate surface area is 102 Å². The fourth-order valence-corrected chi connectivity index (χ4v) is 3.05. The fourth-order valence-electron chi connectivity index (χ4n) is 1.61. The molecule has 0 saturated carbocycles. The number of nitriles is 1. The number of rotatable bonds is 5. The molecule has 4 nitrogen and oxygen atoms in total. The third-order valence-corrected chi connectivity index (χ3v) is 4.02. The van der Waals surface area contributed by atoms with Crippen LogP contribution in [0.4, 0.5) is 0 Å². The summed E-state index contributed by atoms with van der Waals surface area (Å²) < 4.78 is 26.6. The molecule has 5 heteroatoms. The molecule has 0 aliphatic carbocycles. The minimum Gasteiger partial charge on any atom is -0.208 e. The summed E-state index contributed by atoms with van der Waals surface area (Å²) in [4.78, 5) is 0.0467. The van der Waals surface area contributed by atoms with Gasteiger partial charge in [-0.05, 0) is 25.5 Å². The number of nitrogens with one attached hydrogen (secondary N) is 1. The van der Waals surface area contributed by atoms with E-state index in [0.29, 0.717) is 0 Å². The van der Waals surface area contributed by atoms with Gasteiger partial charge in [0.05, 0.1) is 10.5 Å². The van der Waals surface area contributed by atoms with E-state index < -0.39 is 10.0 Å². The van der Waals surface area contributed by atoms with Crippen LogP contribution in [-0.4, -0.2) is 14.5 Å². The fraction of sp³-hybridized carbons (Fsp3) is 0.417. The van der Waals surface area contributed by atoms with E-state index in [9.17, 15) is 8.42 Å². The second-order valence-electron chi connectivity index (χ2n) is 3.92. The number of hydrogen-bond acceptors (Lipinski definition) is 3. The highest BCUT2D eigenvalue weighted by molar-refractivity contribution is 7.89. The van der Waals surface area contributed by atoms with Crippen molar-refractivity contribution in [1.29, 1.82) is 5.26 Å². The van der Waals surface area contributed by atoms with Gasteiger partial charge < -0.3 is 0 Å². The minimum atomic E-state index is -3.60. The highest BCUT2D eigenvalue weighted by atomic mass is 32.2. The number of nitrogens with zero attached hydrogens (tertiary/aromatic N) is 1. The van der Waals surface area contributed by atoms with Gasteiger partial charge in [-0.3, -0.25) is 0 Å². The van der Waals surface area contributed by atoms with Crippen LogP contribution in [-0.2, 0) is 10.0 Å². The lowest BCUT2D eigenvalue weighted by Gasteiger charge is -2.13. The van der Waals surface area contributed by atoms with Crippen LogP contribution in [0.15, 0.2) is 29.2 Å². The summed E-state index contributed by atoms with van der Waals surface area (Å²) in [5, 5.41) is 8.88. The van der Waals surface area contributed by atoms with Gasteiger partial charge in [0.15, 0.2) is 0 Å². The standard InChI is InChI=1S/C12H16N2O2S/c1-3-6-10(2)14-17(15,16)12-8-5-4-7-11(12)9-13/h4-5,7-8,10,14H,3,6H2,1-2H3. The second-order valence-corrected chi connectivity index (χ2v) is 5.60. The van der Waals surface area contributed by atoms with Gasteiger partial charge in [0.25, 0.3) is 0 Å². The molecule has 0 spiro atoms. The molecule has 0 bridgehead atoms. The summed E-state index contributed by atoms with van der Waals surface area (Å²) in [6, 6.07) is 7.96. The Bertz CT molecular complexity index is 518. The summed E-state index contributed by atoms with van der Waals surface area (Å²) in [7, 11) is -3.60. The molecule has 0 radical (unpaired) electrons. The van der Waals surface area contributed by atoms with Crippen LogP contribution < -0.4 is 4.72 Å². The van der Waals surface area contributed by atoms with Crippen molar-refractivity contribution in [1.82, 2.24) is 4.72 Å². The molecule has 1 aromatic carbocycles. The predicted octanol–water partition coefficient (Wildman–Crippen LogP) is 2.03.